The largest absolute Gasteiger partial charge is 0.454 e. The third-order valence-electron chi connectivity index (χ3n) is 5.26. The van der Waals surface area contributed by atoms with Gasteiger partial charge < -0.3 is 24.7 Å². The molecule has 4 aromatic rings. The van der Waals surface area contributed by atoms with E-state index < -0.39 is 0 Å². The van der Waals surface area contributed by atoms with E-state index >= 15 is 0 Å². The van der Waals surface area contributed by atoms with E-state index in [4.69, 9.17) is 21.7 Å². The maximum absolute atomic E-state index is 12.9. The molecule has 0 unspecified atom stereocenters. The summed E-state index contributed by atoms with van der Waals surface area (Å²) in [5.41, 5.74) is 3.26. The summed E-state index contributed by atoms with van der Waals surface area (Å²) in [7, 11) is 0. The van der Waals surface area contributed by atoms with Crippen LogP contribution >= 0.6 is 23.6 Å². The molecule has 1 aliphatic heterocycles. The van der Waals surface area contributed by atoms with Crippen molar-refractivity contribution in [2.24, 2.45) is 0 Å². The highest BCUT2D eigenvalue weighted by molar-refractivity contribution is 7.80. The molecule has 8 heteroatoms. The van der Waals surface area contributed by atoms with E-state index in [9.17, 15) is 4.79 Å². The quantitative estimate of drug-likeness (QED) is 0.405. The lowest BCUT2D eigenvalue weighted by Gasteiger charge is -2.25. The molecular formula is C24H21N3O3S2. The first-order chi connectivity index (χ1) is 15.5. The van der Waals surface area contributed by atoms with Crippen LogP contribution in [0.25, 0.3) is 10.9 Å². The first kappa shape index (κ1) is 20.5. The van der Waals surface area contributed by atoms with E-state index in [0.717, 1.165) is 16.6 Å². The van der Waals surface area contributed by atoms with Crippen molar-refractivity contribution in [3.8, 4) is 11.5 Å². The van der Waals surface area contributed by atoms with Gasteiger partial charge in [-0.25, -0.2) is 0 Å². The van der Waals surface area contributed by atoms with Crippen LogP contribution in [0, 0.1) is 6.92 Å². The number of aryl methyl sites for hydroxylation is 1. The summed E-state index contributed by atoms with van der Waals surface area (Å²) in [6.07, 6.45) is 0. The summed E-state index contributed by atoms with van der Waals surface area (Å²) < 4.78 is 10.9. The third kappa shape index (κ3) is 4.32. The van der Waals surface area contributed by atoms with E-state index in [-0.39, 0.29) is 12.4 Å². The number of rotatable bonds is 5. The van der Waals surface area contributed by atoms with Crippen molar-refractivity contribution in [1.29, 1.82) is 0 Å². The van der Waals surface area contributed by atoms with Crippen LogP contribution in [0.2, 0.25) is 0 Å². The summed E-state index contributed by atoms with van der Waals surface area (Å²) in [5.74, 6) is 1.33. The van der Waals surface area contributed by atoms with Gasteiger partial charge in [0.25, 0.3) is 5.56 Å². The number of nitrogens with one attached hydrogen (secondary N) is 2. The Hall–Kier alpha value is -3.36. The number of fused-ring (bicyclic) bond motifs is 2. The van der Waals surface area contributed by atoms with E-state index in [1.165, 1.54) is 4.88 Å². The maximum Gasteiger partial charge on any atom is 0.253 e. The van der Waals surface area contributed by atoms with E-state index in [2.05, 4.69) is 16.4 Å². The number of thiophene rings is 1. The van der Waals surface area contributed by atoms with Crippen LogP contribution in [-0.4, -0.2) is 21.8 Å². The zero-order valence-corrected chi connectivity index (χ0v) is 19.0. The summed E-state index contributed by atoms with van der Waals surface area (Å²) in [6, 6.07) is 17.7. The molecule has 0 bridgehead atoms. The zero-order chi connectivity index (χ0) is 22.1. The summed E-state index contributed by atoms with van der Waals surface area (Å²) >= 11 is 7.41. The van der Waals surface area contributed by atoms with E-state index in [1.807, 2.05) is 59.7 Å². The molecule has 6 nitrogen and oxygen atoms in total. The minimum atomic E-state index is -0.147. The number of anilines is 1. The Morgan fingerprint density at radius 2 is 1.97 bits per heavy atom. The molecule has 0 fully saturated rings. The molecule has 32 heavy (non-hydrogen) atoms. The Morgan fingerprint density at radius 1 is 1.12 bits per heavy atom. The second-order valence-corrected chi connectivity index (χ2v) is 9.07. The number of pyridine rings is 1. The van der Waals surface area contributed by atoms with Crippen LogP contribution in [0.4, 0.5) is 5.69 Å². The number of nitrogens with zero attached hydrogens (tertiary/aromatic N) is 1. The van der Waals surface area contributed by atoms with Gasteiger partial charge in [0.1, 0.15) is 0 Å². The molecule has 0 atom stereocenters. The molecule has 2 N–H and O–H groups in total. The number of aromatic amines is 1. The SMILES string of the molecule is Cc1cccc(NC(=S)N(Cc2cccs2)Cc2cc3cc4c(cc3[nH]c2=O)OCO4)c1. The average molecular weight is 464 g/mol. The van der Waals surface area contributed by atoms with Gasteiger partial charge in [0, 0.05) is 27.6 Å². The fourth-order valence-corrected chi connectivity index (χ4v) is 4.65. The Bertz CT molecular complexity index is 1350. The zero-order valence-electron chi connectivity index (χ0n) is 17.4. The summed E-state index contributed by atoms with van der Waals surface area (Å²) in [4.78, 5) is 19.0. The minimum absolute atomic E-state index is 0.147. The summed E-state index contributed by atoms with van der Waals surface area (Å²) in [5, 5.41) is 6.81. The van der Waals surface area contributed by atoms with Gasteiger partial charge in [0.2, 0.25) is 6.79 Å². The lowest BCUT2D eigenvalue weighted by Crippen LogP contribution is -2.35. The Morgan fingerprint density at radius 3 is 2.75 bits per heavy atom. The molecule has 5 rings (SSSR count). The number of hydrogen-bond acceptors (Lipinski definition) is 5. The lowest BCUT2D eigenvalue weighted by atomic mass is 10.1. The summed E-state index contributed by atoms with van der Waals surface area (Å²) in [6.45, 7) is 3.21. The molecule has 3 heterocycles. The van der Waals surface area contributed by atoms with Crippen LogP contribution in [0.15, 0.2) is 64.8 Å². The maximum atomic E-state index is 12.9. The van der Waals surface area contributed by atoms with Gasteiger partial charge in [-0.05, 0) is 60.4 Å². The fraction of sp³-hybridized carbons (Fsp3) is 0.167. The molecule has 0 amide bonds. The Balaban J connectivity index is 1.45. The van der Waals surface area contributed by atoms with Crippen LogP contribution in [0.3, 0.4) is 0 Å². The predicted octanol–water partition coefficient (Wildman–Crippen LogP) is 5.03. The van der Waals surface area contributed by atoms with Gasteiger partial charge in [-0.3, -0.25) is 4.79 Å². The van der Waals surface area contributed by atoms with Crippen molar-refractivity contribution < 1.29 is 9.47 Å². The molecule has 162 valence electrons. The van der Waals surface area contributed by atoms with Crippen LogP contribution in [0.1, 0.15) is 16.0 Å². The van der Waals surface area contributed by atoms with E-state index in [0.29, 0.717) is 40.8 Å². The first-order valence-electron chi connectivity index (χ1n) is 10.2. The number of benzene rings is 2. The highest BCUT2D eigenvalue weighted by atomic mass is 32.1. The van der Waals surface area contributed by atoms with Crippen molar-refractivity contribution in [1.82, 2.24) is 9.88 Å². The van der Waals surface area contributed by atoms with Crippen molar-refractivity contribution in [3.63, 3.8) is 0 Å². The molecule has 0 aliphatic carbocycles. The van der Waals surface area contributed by atoms with Gasteiger partial charge in [0.15, 0.2) is 16.6 Å². The number of thiocarbonyl (C=S) groups is 1. The molecular weight excluding hydrogens is 442 g/mol. The van der Waals surface area contributed by atoms with Crippen LogP contribution in [-0.2, 0) is 13.1 Å². The van der Waals surface area contributed by atoms with Crippen molar-refractivity contribution in [2.45, 2.75) is 20.0 Å². The molecule has 2 aromatic carbocycles. The van der Waals surface area contributed by atoms with Crippen molar-refractivity contribution in [3.05, 3.63) is 86.3 Å². The predicted molar refractivity (Wildman–Crippen MR) is 132 cm³/mol. The number of hydrogen-bond donors (Lipinski definition) is 2. The fourth-order valence-electron chi connectivity index (χ4n) is 3.68. The first-order valence-corrected chi connectivity index (χ1v) is 11.4. The average Bonchev–Trinajstić information content (AvgIpc) is 3.44. The minimum Gasteiger partial charge on any atom is -0.454 e. The second kappa shape index (κ2) is 8.64. The Kier molecular flexibility index (Phi) is 5.55. The van der Waals surface area contributed by atoms with E-state index in [1.54, 1.807) is 17.4 Å². The second-order valence-electron chi connectivity index (χ2n) is 7.65. The smallest absolute Gasteiger partial charge is 0.253 e. The normalized spacial score (nSPS) is 12.2. The standard InChI is InChI=1S/C24H21N3O3S2/c1-15-4-2-5-18(8-15)25-24(31)27(13-19-6-3-7-32-19)12-17-9-16-10-21-22(30-14-29-21)11-20(16)26-23(17)28/h2-11H,12-14H2,1H3,(H,25,31)(H,26,28). The highest BCUT2D eigenvalue weighted by Crippen LogP contribution is 2.35. The molecule has 0 spiro atoms. The Labute approximate surface area is 194 Å². The highest BCUT2D eigenvalue weighted by Gasteiger charge is 2.18. The number of aromatic nitrogens is 1. The topological polar surface area (TPSA) is 66.6 Å². The number of ether oxygens (including phenoxy) is 2. The van der Waals surface area contributed by atoms with Crippen molar-refractivity contribution in [2.75, 3.05) is 12.1 Å². The van der Waals surface area contributed by atoms with Gasteiger partial charge >= 0.3 is 0 Å². The van der Waals surface area contributed by atoms with Crippen LogP contribution < -0.4 is 20.3 Å². The van der Waals surface area contributed by atoms with Gasteiger partial charge in [0.05, 0.1) is 18.6 Å². The lowest BCUT2D eigenvalue weighted by molar-refractivity contribution is 0.174. The molecule has 2 aromatic heterocycles. The molecule has 0 saturated heterocycles. The molecule has 0 radical (unpaired) electrons. The molecule has 1 aliphatic rings. The third-order valence-corrected chi connectivity index (χ3v) is 6.48. The monoisotopic (exact) mass is 463 g/mol. The van der Waals surface area contributed by atoms with Gasteiger partial charge in [-0.2, -0.15) is 0 Å². The van der Waals surface area contributed by atoms with Gasteiger partial charge in [-0.1, -0.05) is 18.2 Å². The number of H-pyrrole nitrogens is 1. The molecule has 0 saturated carbocycles. The van der Waals surface area contributed by atoms with Crippen LogP contribution in [0.5, 0.6) is 11.5 Å². The van der Waals surface area contributed by atoms with Crippen molar-refractivity contribution >= 4 is 45.3 Å². The van der Waals surface area contributed by atoms with Gasteiger partial charge in [-0.15, -0.1) is 11.3 Å².